The molecule has 0 aliphatic heterocycles. The largest absolute Gasteiger partial charge is 0.0843 e. The van der Waals surface area contributed by atoms with Crippen molar-refractivity contribution in [3.8, 4) is 0 Å². The van der Waals surface area contributed by atoms with E-state index in [2.05, 4.69) is 80.5 Å². The van der Waals surface area contributed by atoms with Crippen LogP contribution in [0.1, 0.15) is 79.0 Å². The molecule has 0 bridgehead atoms. The van der Waals surface area contributed by atoms with Gasteiger partial charge in [0.15, 0.2) is 0 Å². The van der Waals surface area contributed by atoms with E-state index in [-0.39, 0.29) is 16.2 Å². The summed E-state index contributed by atoms with van der Waals surface area (Å²) in [5.41, 5.74) is 4.53. The molecule has 126 valence electrons. The highest BCUT2D eigenvalue weighted by Gasteiger charge is 2.30. The summed E-state index contributed by atoms with van der Waals surface area (Å²) in [6.45, 7) is 20.7. The number of fused-ring (bicyclic) bond motifs is 1. The van der Waals surface area contributed by atoms with Gasteiger partial charge in [0.25, 0.3) is 0 Å². The van der Waals surface area contributed by atoms with Gasteiger partial charge in [0, 0.05) is 5.02 Å². The molecular weight excluding hydrogens is 300 g/mol. The van der Waals surface area contributed by atoms with Gasteiger partial charge in [0.2, 0.25) is 0 Å². The number of hydrogen-bond acceptors (Lipinski definition) is 0. The zero-order valence-electron chi connectivity index (χ0n) is 16.2. The Balaban J connectivity index is 3.10. The molecule has 0 aromatic heterocycles. The van der Waals surface area contributed by atoms with Crippen LogP contribution in [0.15, 0.2) is 24.3 Å². The maximum absolute atomic E-state index is 6.37. The molecule has 1 heteroatoms. The molecule has 0 amide bonds. The lowest BCUT2D eigenvalue weighted by Gasteiger charge is -2.35. The van der Waals surface area contributed by atoms with Crippen molar-refractivity contribution in [3.63, 3.8) is 0 Å². The highest BCUT2D eigenvalue weighted by Crippen LogP contribution is 2.43. The predicted molar refractivity (Wildman–Crippen MR) is 105 cm³/mol. The average Bonchev–Trinajstić information content (AvgIpc) is 2.32. The number of hydrogen-bond donors (Lipinski definition) is 0. The minimum atomic E-state index is 0.0714. The van der Waals surface area contributed by atoms with E-state index in [1.54, 1.807) is 0 Å². The quantitative estimate of drug-likeness (QED) is 0.472. The monoisotopic (exact) mass is 330 g/mol. The third-order valence-corrected chi connectivity index (χ3v) is 4.70. The first-order valence-electron chi connectivity index (χ1n) is 8.50. The van der Waals surface area contributed by atoms with Crippen LogP contribution in [0.3, 0.4) is 0 Å². The molecule has 0 nitrogen and oxygen atoms in total. The molecule has 0 N–H and O–H groups in total. The normalized spacial score (nSPS) is 13.7. The number of benzene rings is 2. The lowest BCUT2D eigenvalue weighted by molar-refractivity contribution is 0.529. The second kappa shape index (κ2) is 5.52. The molecule has 0 atom stereocenters. The Morgan fingerprint density at radius 2 is 1.13 bits per heavy atom. The van der Waals surface area contributed by atoms with Crippen molar-refractivity contribution in [1.82, 2.24) is 0 Å². The van der Waals surface area contributed by atoms with Crippen LogP contribution in [0.4, 0.5) is 0 Å². The third kappa shape index (κ3) is 3.58. The Kier molecular flexibility index (Phi) is 4.40. The molecule has 0 unspecified atom stereocenters. The molecule has 23 heavy (non-hydrogen) atoms. The van der Waals surface area contributed by atoms with Crippen LogP contribution in [0.5, 0.6) is 0 Å². The Bertz CT molecular complexity index is 732. The van der Waals surface area contributed by atoms with E-state index < -0.39 is 0 Å². The highest BCUT2D eigenvalue weighted by atomic mass is 35.5. The molecule has 0 spiro atoms. The zero-order valence-corrected chi connectivity index (χ0v) is 16.9. The summed E-state index contributed by atoms with van der Waals surface area (Å²) in [6.07, 6.45) is 0. The summed E-state index contributed by atoms with van der Waals surface area (Å²) in [7, 11) is 0. The van der Waals surface area contributed by atoms with Crippen LogP contribution >= 0.6 is 11.6 Å². The summed E-state index contributed by atoms with van der Waals surface area (Å²) in [5.74, 6) is 0. The standard InChI is InChI=1S/C22H31Cl/c1-20(2,3)17-13-18(21(4,5)6)19(22(7,8)9)16-12-14(23)10-11-15(16)17/h10-13H,1-9H3. The van der Waals surface area contributed by atoms with E-state index >= 15 is 0 Å². The Hall–Kier alpha value is -1.01. The number of rotatable bonds is 0. The van der Waals surface area contributed by atoms with Crippen LogP contribution in [-0.2, 0) is 16.2 Å². The van der Waals surface area contributed by atoms with Crippen molar-refractivity contribution in [2.75, 3.05) is 0 Å². The molecule has 0 aliphatic carbocycles. The van der Waals surface area contributed by atoms with Gasteiger partial charge in [0.05, 0.1) is 0 Å². The van der Waals surface area contributed by atoms with Gasteiger partial charge in [-0.25, -0.2) is 0 Å². The lowest BCUT2D eigenvalue weighted by Crippen LogP contribution is -2.24. The van der Waals surface area contributed by atoms with Gasteiger partial charge in [-0.3, -0.25) is 0 Å². The molecule has 0 aliphatic rings. The van der Waals surface area contributed by atoms with Gasteiger partial charge in [-0.1, -0.05) is 86.0 Å². The Morgan fingerprint density at radius 1 is 0.609 bits per heavy atom. The highest BCUT2D eigenvalue weighted by molar-refractivity contribution is 6.31. The molecule has 0 heterocycles. The summed E-state index contributed by atoms with van der Waals surface area (Å²) in [4.78, 5) is 0. The van der Waals surface area contributed by atoms with Crippen molar-refractivity contribution >= 4 is 22.4 Å². The van der Waals surface area contributed by atoms with Crippen molar-refractivity contribution in [1.29, 1.82) is 0 Å². The molecule has 2 aromatic carbocycles. The SMILES string of the molecule is CC(C)(C)c1cc(C(C)(C)C)c2ccc(Cl)cc2c1C(C)(C)C. The van der Waals surface area contributed by atoms with E-state index in [9.17, 15) is 0 Å². The van der Waals surface area contributed by atoms with Crippen molar-refractivity contribution < 1.29 is 0 Å². The van der Waals surface area contributed by atoms with E-state index in [4.69, 9.17) is 11.6 Å². The van der Waals surface area contributed by atoms with Crippen molar-refractivity contribution in [2.45, 2.75) is 78.6 Å². The van der Waals surface area contributed by atoms with Gasteiger partial charge in [0.1, 0.15) is 0 Å². The summed E-state index contributed by atoms with van der Waals surface area (Å²) >= 11 is 6.37. The van der Waals surface area contributed by atoms with Gasteiger partial charge < -0.3 is 0 Å². The number of halogens is 1. The predicted octanol–water partition coefficient (Wildman–Crippen LogP) is 7.39. The Morgan fingerprint density at radius 3 is 1.57 bits per heavy atom. The summed E-state index contributed by atoms with van der Waals surface area (Å²) < 4.78 is 0. The third-order valence-electron chi connectivity index (χ3n) is 4.47. The van der Waals surface area contributed by atoms with Gasteiger partial charge >= 0.3 is 0 Å². The van der Waals surface area contributed by atoms with Crippen molar-refractivity contribution in [2.24, 2.45) is 0 Å². The average molecular weight is 331 g/mol. The van der Waals surface area contributed by atoms with Crippen LogP contribution < -0.4 is 0 Å². The second-order valence-electron chi connectivity index (χ2n) is 9.79. The molecule has 0 fully saturated rings. The molecule has 0 saturated carbocycles. The van der Waals surface area contributed by atoms with E-state index in [1.165, 1.54) is 27.5 Å². The minimum Gasteiger partial charge on any atom is -0.0843 e. The molecule has 0 saturated heterocycles. The van der Waals surface area contributed by atoms with Gasteiger partial charge in [-0.15, -0.1) is 0 Å². The van der Waals surface area contributed by atoms with E-state index in [0.717, 1.165) is 5.02 Å². The summed E-state index contributed by atoms with van der Waals surface area (Å²) in [6, 6.07) is 8.81. The maximum Gasteiger partial charge on any atom is 0.0412 e. The van der Waals surface area contributed by atoms with Crippen LogP contribution in [0.25, 0.3) is 10.8 Å². The minimum absolute atomic E-state index is 0.0714. The maximum atomic E-state index is 6.37. The second-order valence-corrected chi connectivity index (χ2v) is 10.2. The smallest absolute Gasteiger partial charge is 0.0412 e. The molecule has 2 aromatic rings. The molecular formula is C22H31Cl. The first-order chi connectivity index (χ1) is 10.2. The first-order valence-corrected chi connectivity index (χ1v) is 8.88. The van der Waals surface area contributed by atoms with Crippen LogP contribution in [0, 0.1) is 0 Å². The van der Waals surface area contributed by atoms with Crippen LogP contribution in [-0.4, -0.2) is 0 Å². The van der Waals surface area contributed by atoms with E-state index in [0.29, 0.717) is 0 Å². The Labute approximate surface area is 147 Å². The molecule has 0 radical (unpaired) electrons. The van der Waals surface area contributed by atoms with Crippen LogP contribution in [0.2, 0.25) is 5.02 Å². The fourth-order valence-electron chi connectivity index (χ4n) is 3.42. The zero-order chi connectivity index (χ0) is 17.8. The molecule has 2 rings (SSSR count). The fourth-order valence-corrected chi connectivity index (χ4v) is 3.59. The van der Waals surface area contributed by atoms with Gasteiger partial charge in [-0.2, -0.15) is 0 Å². The van der Waals surface area contributed by atoms with E-state index in [1.807, 2.05) is 6.07 Å². The first kappa shape index (κ1) is 18.3. The fraction of sp³-hybridized carbons (Fsp3) is 0.545. The lowest BCUT2D eigenvalue weighted by atomic mass is 9.70. The summed E-state index contributed by atoms with van der Waals surface area (Å²) in [5, 5.41) is 3.45. The topological polar surface area (TPSA) is 0 Å². The van der Waals surface area contributed by atoms with Crippen molar-refractivity contribution in [3.05, 3.63) is 46.0 Å². The van der Waals surface area contributed by atoms with Gasteiger partial charge in [-0.05, 0) is 55.8 Å².